The monoisotopic (exact) mass is 268 g/mol. The molecule has 2 unspecified atom stereocenters. The van der Waals surface area contributed by atoms with E-state index in [2.05, 4.69) is 13.2 Å². The first kappa shape index (κ1) is 12.5. The normalized spacial score (nSPS) is 44.4. The quantitative estimate of drug-likeness (QED) is 0.718. The minimum absolute atomic E-state index is 0.0368. The smallest absolute Gasteiger partial charge is 0.310 e. The molecule has 4 heteroatoms. The van der Waals surface area contributed by atoms with Crippen LogP contribution >= 0.6 is 11.8 Å². The van der Waals surface area contributed by atoms with Crippen LogP contribution in [-0.4, -0.2) is 29.4 Å². The second kappa shape index (κ2) is 4.55. The zero-order chi connectivity index (χ0) is 12.9. The lowest BCUT2D eigenvalue weighted by atomic mass is 9.76. The summed E-state index contributed by atoms with van der Waals surface area (Å²) in [6.07, 6.45) is 5.81. The van der Waals surface area contributed by atoms with Crippen molar-refractivity contribution in [1.82, 2.24) is 0 Å². The number of rotatable bonds is 5. The van der Waals surface area contributed by atoms with Crippen LogP contribution in [0.1, 0.15) is 32.6 Å². The molecule has 6 atom stereocenters. The standard InChI is InChI=1S/C14H20O3S/c1-3-4-5-9(15)10-8-6-7-11(10)14(16)17-12(7)13(8)18-2/h7-8,10-13H,3-6H2,1-2H3/t7-,8-,10?,11+,12-,13?/m0/s1. The van der Waals surface area contributed by atoms with E-state index in [0.29, 0.717) is 29.3 Å². The second-order valence-electron chi connectivity index (χ2n) is 5.79. The summed E-state index contributed by atoms with van der Waals surface area (Å²) in [5.74, 6) is 0.786. The number of hydrogen-bond acceptors (Lipinski definition) is 4. The van der Waals surface area contributed by atoms with Gasteiger partial charge in [-0.15, -0.1) is 0 Å². The van der Waals surface area contributed by atoms with E-state index in [4.69, 9.17) is 4.74 Å². The van der Waals surface area contributed by atoms with E-state index in [-0.39, 0.29) is 23.9 Å². The number of esters is 1. The Morgan fingerprint density at radius 3 is 2.89 bits per heavy atom. The summed E-state index contributed by atoms with van der Waals surface area (Å²) in [4.78, 5) is 24.3. The van der Waals surface area contributed by atoms with Gasteiger partial charge in [-0.2, -0.15) is 11.8 Å². The highest BCUT2D eigenvalue weighted by atomic mass is 32.2. The third-order valence-electron chi connectivity index (χ3n) is 4.97. The molecule has 18 heavy (non-hydrogen) atoms. The largest absolute Gasteiger partial charge is 0.461 e. The van der Waals surface area contributed by atoms with E-state index in [1.54, 1.807) is 11.8 Å². The zero-order valence-electron chi connectivity index (χ0n) is 10.9. The number of ether oxygens (including phenoxy) is 1. The highest BCUT2D eigenvalue weighted by Crippen LogP contribution is 2.60. The van der Waals surface area contributed by atoms with Crippen LogP contribution in [0.3, 0.4) is 0 Å². The van der Waals surface area contributed by atoms with Gasteiger partial charge in [0, 0.05) is 23.5 Å². The Kier molecular flexibility index (Phi) is 3.16. The van der Waals surface area contributed by atoms with Crippen molar-refractivity contribution in [3.63, 3.8) is 0 Å². The van der Waals surface area contributed by atoms with Gasteiger partial charge >= 0.3 is 5.97 Å². The maximum absolute atomic E-state index is 12.4. The Bertz CT molecular complexity index is 381. The van der Waals surface area contributed by atoms with Crippen LogP contribution in [-0.2, 0) is 14.3 Å². The first-order chi connectivity index (χ1) is 8.69. The molecule has 0 N–H and O–H groups in total. The minimum atomic E-state index is -0.104. The van der Waals surface area contributed by atoms with E-state index in [1.807, 2.05) is 0 Å². The second-order valence-corrected chi connectivity index (χ2v) is 6.80. The van der Waals surface area contributed by atoms with E-state index in [0.717, 1.165) is 19.3 Å². The lowest BCUT2D eigenvalue weighted by Crippen LogP contribution is -2.39. The van der Waals surface area contributed by atoms with Gasteiger partial charge in [-0.05, 0) is 25.0 Å². The fourth-order valence-electron chi connectivity index (χ4n) is 4.26. The fraction of sp³-hybridized carbons (Fsp3) is 0.857. The Hall–Kier alpha value is -0.510. The molecule has 1 aliphatic heterocycles. The van der Waals surface area contributed by atoms with Crippen LogP contribution in [0, 0.1) is 23.7 Å². The van der Waals surface area contributed by atoms with Crippen LogP contribution in [0.15, 0.2) is 0 Å². The summed E-state index contributed by atoms with van der Waals surface area (Å²) < 4.78 is 5.52. The Balaban J connectivity index is 1.83. The highest BCUT2D eigenvalue weighted by molar-refractivity contribution is 7.99. The van der Waals surface area contributed by atoms with Gasteiger partial charge < -0.3 is 4.74 Å². The number of carbonyl (C=O) groups is 2. The van der Waals surface area contributed by atoms with Crippen LogP contribution in [0.5, 0.6) is 0 Å². The van der Waals surface area contributed by atoms with Crippen molar-refractivity contribution in [2.45, 2.75) is 44.0 Å². The van der Waals surface area contributed by atoms with E-state index < -0.39 is 0 Å². The third-order valence-corrected chi connectivity index (χ3v) is 6.13. The molecule has 3 nitrogen and oxygen atoms in total. The topological polar surface area (TPSA) is 43.4 Å². The van der Waals surface area contributed by atoms with Gasteiger partial charge in [-0.25, -0.2) is 0 Å². The van der Waals surface area contributed by atoms with Gasteiger partial charge in [-0.1, -0.05) is 13.3 Å². The number of ketones is 1. The van der Waals surface area contributed by atoms with Crippen LogP contribution < -0.4 is 0 Å². The number of fused-ring (bicyclic) bond motifs is 1. The average molecular weight is 268 g/mol. The molecule has 1 heterocycles. The maximum atomic E-state index is 12.4. The lowest BCUT2D eigenvalue weighted by molar-refractivity contribution is -0.145. The summed E-state index contributed by atoms with van der Waals surface area (Å²) in [7, 11) is 0. The number of thioether (sulfide) groups is 1. The molecule has 2 saturated carbocycles. The van der Waals surface area contributed by atoms with Gasteiger partial charge in [0.15, 0.2) is 0 Å². The number of carbonyl (C=O) groups excluding carboxylic acids is 2. The SMILES string of the molecule is CCCCC(=O)C1[C@@H]2C[C@@H]3[C@H](OC(=O)[C@@H]13)C2SC. The molecule has 0 amide bonds. The first-order valence-electron chi connectivity index (χ1n) is 6.95. The van der Waals surface area contributed by atoms with Crippen molar-refractivity contribution < 1.29 is 14.3 Å². The van der Waals surface area contributed by atoms with Crippen LogP contribution in [0.4, 0.5) is 0 Å². The number of hydrogen-bond donors (Lipinski definition) is 0. The predicted molar refractivity (Wildman–Crippen MR) is 70.3 cm³/mol. The lowest BCUT2D eigenvalue weighted by Gasteiger charge is -2.29. The van der Waals surface area contributed by atoms with Crippen molar-refractivity contribution in [3.8, 4) is 0 Å². The van der Waals surface area contributed by atoms with Crippen LogP contribution in [0.2, 0.25) is 0 Å². The molecular formula is C14H20O3S. The molecule has 0 radical (unpaired) electrons. The van der Waals surface area contributed by atoms with Crippen molar-refractivity contribution in [1.29, 1.82) is 0 Å². The average Bonchev–Trinajstić information content (AvgIpc) is 2.95. The number of unbranched alkanes of at least 4 members (excludes halogenated alkanes) is 1. The Labute approximate surface area is 112 Å². The Morgan fingerprint density at radius 1 is 1.44 bits per heavy atom. The summed E-state index contributed by atoms with van der Waals surface area (Å²) in [6.45, 7) is 2.10. The maximum Gasteiger partial charge on any atom is 0.310 e. The van der Waals surface area contributed by atoms with Crippen molar-refractivity contribution in [2.75, 3.05) is 6.26 Å². The molecule has 0 aromatic heterocycles. The molecule has 0 aromatic carbocycles. The van der Waals surface area contributed by atoms with Crippen molar-refractivity contribution in [3.05, 3.63) is 0 Å². The molecule has 3 rings (SSSR count). The van der Waals surface area contributed by atoms with Gasteiger partial charge in [-0.3, -0.25) is 9.59 Å². The molecule has 100 valence electrons. The summed E-state index contributed by atoms with van der Waals surface area (Å²) in [5, 5.41) is 0.355. The summed E-state index contributed by atoms with van der Waals surface area (Å²) >= 11 is 1.77. The van der Waals surface area contributed by atoms with E-state index >= 15 is 0 Å². The fourth-order valence-corrected chi connectivity index (χ4v) is 5.41. The zero-order valence-corrected chi connectivity index (χ0v) is 11.7. The van der Waals surface area contributed by atoms with Gasteiger partial charge in [0.25, 0.3) is 0 Å². The molecule has 3 fully saturated rings. The van der Waals surface area contributed by atoms with Crippen LogP contribution in [0.25, 0.3) is 0 Å². The molecule has 0 aromatic rings. The molecule has 1 saturated heterocycles. The Morgan fingerprint density at radius 2 is 2.22 bits per heavy atom. The van der Waals surface area contributed by atoms with Gasteiger partial charge in [0.05, 0.1) is 5.92 Å². The van der Waals surface area contributed by atoms with Gasteiger partial charge in [0.2, 0.25) is 0 Å². The third kappa shape index (κ3) is 1.57. The van der Waals surface area contributed by atoms with Crippen molar-refractivity contribution >= 4 is 23.5 Å². The highest BCUT2D eigenvalue weighted by Gasteiger charge is 2.67. The molecule has 2 bridgehead atoms. The van der Waals surface area contributed by atoms with Crippen molar-refractivity contribution in [2.24, 2.45) is 23.7 Å². The molecule has 0 spiro atoms. The first-order valence-corrected chi connectivity index (χ1v) is 8.23. The van der Waals surface area contributed by atoms with E-state index in [1.165, 1.54) is 0 Å². The molecular weight excluding hydrogens is 248 g/mol. The minimum Gasteiger partial charge on any atom is -0.461 e. The summed E-state index contributed by atoms with van der Waals surface area (Å²) in [6, 6.07) is 0. The summed E-state index contributed by atoms with van der Waals surface area (Å²) in [5.41, 5.74) is 0. The van der Waals surface area contributed by atoms with Gasteiger partial charge in [0.1, 0.15) is 11.9 Å². The predicted octanol–water partition coefficient (Wildman–Crippen LogP) is 2.28. The molecule has 2 aliphatic carbocycles. The van der Waals surface area contributed by atoms with E-state index in [9.17, 15) is 9.59 Å². The molecule has 3 aliphatic rings. The number of Topliss-reactive ketones (excluding diaryl/α,β-unsaturated/α-hetero) is 1.